The molecule has 0 aliphatic carbocycles. The summed E-state index contributed by atoms with van der Waals surface area (Å²) in [7, 11) is -1.32. The van der Waals surface area contributed by atoms with Gasteiger partial charge in [-0.1, -0.05) is 24.3 Å². The Hall–Kier alpha value is -2.97. The monoisotopic (exact) mass is 500 g/mol. The minimum atomic E-state index is -1.32. The molecule has 1 aliphatic heterocycles. The van der Waals surface area contributed by atoms with Crippen LogP contribution in [-0.2, 0) is 10.8 Å². The molecule has 1 unspecified atom stereocenters. The van der Waals surface area contributed by atoms with Crippen LogP contribution in [0.25, 0.3) is 0 Å². The highest BCUT2D eigenvalue weighted by molar-refractivity contribution is 7.85. The lowest BCUT2D eigenvalue weighted by Crippen LogP contribution is -2.45. The van der Waals surface area contributed by atoms with E-state index >= 15 is 0 Å². The summed E-state index contributed by atoms with van der Waals surface area (Å²) >= 11 is 0. The van der Waals surface area contributed by atoms with Gasteiger partial charge in [0.05, 0.1) is 5.25 Å². The number of likely N-dealkylation sites (tertiary alicyclic amines) is 1. The average Bonchev–Trinajstić information content (AvgIpc) is 2.87. The van der Waals surface area contributed by atoms with Crippen molar-refractivity contribution in [2.75, 3.05) is 25.4 Å². The molecule has 1 atom stereocenters. The van der Waals surface area contributed by atoms with Gasteiger partial charge in [-0.2, -0.15) is 0 Å². The van der Waals surface area contributed by atoms with E-state index in [-0.39, 0.29) is 29.4 Å². The Balaban J connectivity index is 1.31. The summed E-state index contributed by atoms with van der Waals surface area (Å²) < 4.78 is 53.3. The molecule has 1 heterocycles. The Morgan fingerprint density at radius 3 is 1.77 bits per heavy atom. The molecule has 3 aromatic carbocycles. The van der Waals surface area contributed by atoms with E-state index in [0.29, 0.717) is 42.1 Å². The molecule has 3 aromatic rings. The van der Waals surface area contributed by atoms with Crippen LogP contribution in [0.15, 0.2) is 72.8 Å². The summed E-state index contributed by atoms with van der Waals surface area (Å²) in [6.45, 7) is 1.69. The van der Waals surface area contributed by atoms with Crippen LogP contribution in [-0.4, -0.2) is 46.4 Å². The molecular formula is C27H27F3N2O2S. The van der Waals surface area contributed by atoms with E-state index in [0.717, 1.165) is 12.8 Å². The molecule has 8 heteroatoms. The van der Waals surface area contributed by atoms with Crippen LogP contribution in [0.4, 0.5) is 13.2 Å². The third-order valence-corrected chi connectivity index (χ3v) is 7.89. The van der Waals surface area contributed by atoms with Crippen LogP contribution < -0.4 is 5.32 Å². The van der Waals surface area contributed by atoms with Crippen molar-refractivity contribution >= 4 is 16.7 Å². The molecular weight excluding hydrogens is 473 g/mol. The maximum atomic E-state index is 13.4. The predicted octanol–water partition coefficient (Wildman–Crippen LogP) is 4.84. The van der Waals surface area contributed by atoms with E-state index in [4.69, 9.17) is 0 Å². The van der Waals surface area contributed by atoms with E-state index in [1.807, 2.05) is 0 Å². The number of carbonyl (C=O) groups excluding carboxylic acids is 1. The van der Waals surface area contributed by atoms with Crippen molar-refractivity contribution in [3.63, 3.8) is 0 Å². The van der Waals surface area contributed by atoms with Crippen LogP contribution in [0.5, 0.6) is 0 Å². The molecule has 0 spiro atoms. The number of hydrogen-bond donors (Lipinski definition) is 1. The summed E-state index contributed by atoms with van der Waals surface area (Å²) in [4.78, 5) is 14.4. The van der Waals surface area contributed by atoms with Crippen molar-refractivity contribution in [3.05, 3.63) is 107 Å². The highest BCUT2D eigenvalue weighted by Gasteiger charge is 2.25. The summed E-state index contributed by atoms with van der Waals surface area (Å²) in [5.41, 5.74) is 1.90. The first-order chi connectivity index (χ1) is 16.9. The topological polar surface area (TPSA) is 49.4 Å². The van der Waals surface area contributed by atoms with Gasteiger partial charge in [0.1, 0.15) is 17.5 Å². The minimum Gasteiger partial charge on any atom is -0.339 e. The van der Waals surface area contributed by atoms with Crippen LogP contribution in [0.2, 0.25) is 0 Å². The van der Waals surface area contributed by atoms with E-state index in [1.54, 1.807) is 29.2 Å². The van der Waals surface area contributed by atoms with Crippen molar-refractivity contribution < 1.29 is 22.2 Å². The molecule has 184 valence electrons. The van der Waals surface area contributed by atoms with E-state index in [9.17, 15) is 22.2 Å². The fraction of sp³-hybridized carbons (Fsp3) is 0.296. The highest BCUT2D eigenvalue weighted by atomic mass is 32.2. The van der Waals surface area contributed by atoms with Gasteiger partial charge in [-0.15, -0.1) is 0 Å². The predicted molar refractivity (Wildman–Crippen MR) is 131 cm³/mol. The molecule has 1 N–H and O–H groups in total. The number of nitrogens with one attached hydrogen (secondary N) is 1. The van der Waals surface area contributed by atoms with Gasteiger partial charge in [0.25, 0.3) is 5.91 Å². The van der Waals surface area contributed by atoms with Crippen molar-refractivity contribution in [2.24, 2.45) is 0 Å². The summed E-state index contributed by atoms with van der Waals surface area (Å²) in [5.74, 6) is -0.853. The van der Waals surface area contributed by atoms with Crippen molar-refractivity contribution in [1.29, 1.82) is 0 Å². The Kier molecular flexibility index (Phi) is 8.36. The molecule has 1 aliphatic rings. The quantitative estimate of drug-likeness (QED) is 0.482. The number of benzene rings is 3. The number of halogens is 3. The smallest absolute Gasteiger partial charge is 0.253 e. The fourth-order valence-electron chi connectivity index (χ4n) is 4.31. The Morgan fingerprint density at radius 2 is 1.29 bits per heavy atom. The van der Waals surface area contributed by atoms with Gasteiger partial charge in [0.15, 0.2) is 0 Å². The van der Waals surface area contributed by atoms with Crippen LogP contribution in [0.3, 0.4) is 0 Å². The molecule has 0 radical (unpaired) electrons. The van der Waals surface area contributed by atoms with Gasteiger partial charge in [-0.05, 0) is 72.5 Å². The van der Waals surface area contributed by atoms with Crippen LogP contribution in [0.1, 0.15) is 39.6 Å². The third-order valence-electron chi connectivity index (χ3n) is 6.22. The first-order valence-corrected chi connectivity index (χ1v) is 13.0. The zero-order chi connectivity index (χ0) is 24.8. The molecule has 0 aromatic heterocycles. The third kappa shape index (κ3) is 6.58. The summed E-state index contributed by atoms with van der Waals surface area (Å²) in [6.07, 6.45) is 1.53. The molecule has 0 saturated carbocycles. The van der Waals surface area contributed by atoms with Gasteiger partial charge in [0.2, 0.25) is 0 Å². The largest absolute Gasteiger partial charge is 0.339 e. The lowest BCUT2D eigenvalue weighted by Gasteiger charge is -2.32. The molecule has 4 rings (SSSR count). The number of piperidine rings is 1. The Morgan fingerprint density at radius 1 is 0.829 bits per heavy atom. The lowest BCUT2D eigenvalue weighted by molar-refractivity contribution is 0.0706. The molecule has 1 fully saturated rings. The van der Waals surface area contributed by atoms with Crippen LogP contribution in [0, 0.1) is 17.5 Å². The molecule has 35 heavy (non-hydrogen) atoms. The normalized spacial score (nSPS) is 15.4. The van der Waals surface area contributed by atoms with Crippen LogP contribution >= 0.6 is 0 Å². The second kappa shape index (κ2) is 11.6. The van der Waals surface area contributed by atoms with Crippen molar-refractivity contribution in [3.8, 4) is 0 Å². The first-order valence-electron chi connectivity index (χ1n) is 11.6. The molecule has 1 saturated heterocycles. The number of nitrogens with zero attached hydrogens (tertiary/aromatic N) is 1. The number of carbonyl (C=O) groups is 1. The molecule has 4 nitrogen and oxygen atoms in total. The van der Waals surface area contributed by atoms with Gasteiger partial charge >= 0.3 is 0 Å². The van der Waals surface area contributed by atoms with E-state index in [1.165, 1.54) is 48.5 Å². The maximum Gasteiger partial charge on any atom is 0.253 e. The second-order valence-electron chi connectivity index (χ2n) is 8.60. The fourth-order valence-corrected chi connectivity index (χ4v) is 5.79. The summed E-state index contributed by atoms with van der Waals surface area (Å²) in [6, 6.07) is 17.6. The van der Waals surface area contributed by atoms with Gasteiger partial charge in [0, 0.05) is 47.8 Å². The first kappa shape index (κ1) is 25.1. The maximum absolute atomic E-state index is 13.4. The van der Waals surface area contributed by atoms with Gasteiger partial charge in [-0.3, -0.25) is 9.00 Å². The second-order valence-corrected chi connectivity index (χ2v) is 10.2. The summed E-state index contributed by atoms with van der Waals surface area (Å²) in [5, 5.41) is 2.94. The molecule has 1 amide bonds. The zero-order valence-electron chi connectivity index (χ0n) is 19.1. The zero-order valence-corrected chi connectivity index (χ0v) is 19.9. The van der Waals surface area contributed by atoms with Gasteiger partial charge < -0.3 is 10.2 Å². The minimum absolute atomic E-state index is 0.106. The SMILES string of the molecule is O=C(c1ccc(F)cc1)N1CCC(NCCS(=O)C(c2ccc(F)cc2)c2ccc(F)cc2)CC1. The van der Waals surface area contributed by atoms with E-state index in [2.05, 4.69) is 5.32 Å². The van der Waals surface area contributed by atoms with Crippen molar-refractivity contribution in [2.45, 2.75) is 24.1 Å². The number of amides is 1. The molecule has 0 bridgehead atoms. The average molecular weight is 501 g/mol. The Labute approximate surface area is 205 Å². The van der Waals surface area contributed by atoms with Crippen molar-refractivity contribution in [1.82, 2.24) is 10.2 Å². The van der Waals surface area contributed by atoms with Gasteiger partial charge in [-0.25, -0.2) is 13.2 Å². The Bertz CT molecular complexity index is 1100. The highest BCUT2D eigenvalue weighted by Crippen LogP contribution is 2.29. The number of rotatable bonds is 8. The van der Waals surface area contributed by atoms with E-state index < -0.39 is 16.0 Å². The lowest BCUT2D eigenvalue weighted by atomic mass is 10.0. The number of hydrogen-bond acceptors (Lipinski definition) is 3. The standard InChI is InChI=1S/C27H27F3N2O2S/c28-22-7-1-19(2-8-22)26(20-3-9-23(29)10-4-20)35(34)18-15-31-25-13-16-32(17-14-25)27(33)21-5-11-24(30)12-6-21/h1-12,25-26,31H,13-18H2.